The van der Waals surface area contributed by atoms with E-state index in [2.05, 4.69) is 0 Å². The molecule has 0 saturated carbocycles. The molecule has 0 radical (unpaired) electrons. The summed E-state index contributed by atoms with van der Waals surface area (Å²) < 4.78 is 0. The summed E-state index contributed by atoms with van der Waals surface area (Å²) in [7, 11) is 0. The monoisotopic (exact) mass is 182 g/mol. The van der Waals surface area contributed by atoms with Crippen molar-refractivity contribution in [2.45, 2.75) is 6.92 Å². The molecular formula is C9H14N2O2. The largest absolute Gasteiger partial charge is 0.331 e. The number of rotatable bonds is 1. The van der Waals surface area contributed by atoms with E-state index in [-0.39, 0.29) is 0 Å². The molecule has 0 atom stereocenters. The van der Waals surface area contributed by atoms with Crippen molar-refractivity contribution in [2.24, 2.45) is 5.73 Å². The third-order valence-corrected chi connectivity index (χ3v) is 1.14. The summed E-state index contributed by atoms with van der Waals surface area (Å²) in [5, 5.41) is 8.19. The third kappa shape index (κ3) is 4.95. The van der Waals surface area contributed by atoms with Gasteiger partial charge in [0.05, 0.1) is 0 Å². The van der Waals surface area contributed by atoms with Crippen molar-refractivity contribution < 1.29 is 10.0 Å². The normalized spacial score (nSPS) is 8.23. The van der Waals surface area contributed by atoms with Gasteiger partial charge in [0.25, 0.3) is 5.91 Å². The van der Waals surface area contributed by atoms with E-state index in [0.717, 1.165) is 6.54 Å². The molecule has 0 aliphatic carbocycles. The van der Waals surface area contributed by atoms with Crippen LogP contribution in [0.15, 0.2) is 30.3 Å². The van der Waals surface area contributed by atoms with Crippen molar-refractivity contribution in [1.82, 2.24) is 5.48 Å². The number of carbonyl (C=O) groups excluding carboxylic acids is 1. The lowest BCUT2D eigenvalue weighted by Gasteiger charge is -1.94. The molecule has 0 aliphatic rings. The number of hydrogen-bond donors (Lipinski definition) is 3. The number of amides is 1. The average molecular weight is 182 g/mol. The summed E-state index contributed by atoms with van der Waals surface area (Å²) in [5.74, 6) is -0.486. The summed E-state index contributed by atoms with van der Waals surface area (Å²) in [5.41, 5.74) is 6.84. The fraction of sp³-hybridized carbons (Fsp3) is 0.222. The summed E-state index contributed by atoms with van der Waals surface area (Å²) in [6, 6.07) is 8.49. The molecule has 1 amide bonds. The molecule has 0 fully saturated rings. The first-order valence-corrected chi connectivity index (χ1v) is 3.95. The van der Waals surface area contributed by atoms with Gasteiger partial charge in [-0.1, -0.05) is 25.1 Å². The number of nitrogens with two attached hydrogens (primary N) is 1. The minimum absolute atomic E-state index is 0.449. The number of benzene rings is 1. The van der Waals surface area contributed by atoms with E-state index < -0.39 is 5.91 Å². The Bertz CT molecular complexity index is 237. The Balaban J connectivity index is 0.000000424. The van der Waals surface area contributed by atoms with Gasteiger partial charge in [0.15, 0.2) is 0 Å². The van der Waals surface area contributed by atoms with Gasteiger partial charge in [-0.15, -0.1) is 0 Å². The van der Waals surface area contributed by atoms with Crippen LogP contribution in [0.2, 0.25) is 0 Å². The second kappa shape index (κ2) is 7.27. The molecule has 1 rings (SSSR count). The Hall–Kier alpha value is -1.39. The predicted octanol–water partition coefficient (Wildman–Crippen LogP) is 0.771. The Labute approximate surface area is 77.3 Å². The zero-order chi connectivity index (χ0) is 10.1. The van der Waals surface area contributed by atoms with Crippen molar-refractivity contribution in [1.29, 1.82) is 0 Å². The van der Waals surface area contributed by atoms with Crippen LogP contribution in [0.4, 0.5) is 0 Å². The SMILES string of the molecule is CCN.O=C(NO)c1ccccc1. The molecule has 0 spiro atoms. The molecule has 13 heavy (non-hydrogen) atoms. The molecule has 72 valence electrons. The van der Waals surface area contributed by atoms with E-state index in [9.17, 15) is 4.79 Å². The first-order chi connectivity index (χ1) is 6.26. The van der Waals surface area contributed by atoms with Crippen LogP contribution in [0.1, 0.15) is 17.3 Å². The van der Waals surface area contributed by atoms with Crippen molar-refractivity contribution in [3.63, 3.8) is 0 Å². The second-order valence-corrected chi connectivity index (χ2v) is 2.22. The number of hydroxylamine groups is 1. The van der Waals surface area contributed by atoms with E-state index >= 15 is 0 Å². The Kier molecular flexibility index (Phi) is 6.49. The topological polar surface area (TPSA) is 75.4 Å². The molecule has 0 saturated heterocycles. The fourth-order valence-corrected chi connectivity index (χ4v) is 0.654. The minimum atomic E-state index is -0.486. The predicted molar refractivity (Wildman–Crippen MR) is 50.4 cm³/mol. The van der Waals surface area contributed by atoms with E-state index in [1.165, 1.54) is 0 Å². The lowest BCUT2D eigenvalue weighted by molar-refractivity contribution is 0.0706. The highest BCUT2D eigenvalue weighted by Gasteiger charge is 1.99. The number of hydrogen-bond acceptors (Lipinski definition) is 3. The van der Waals surface area contributed by atoms with Gasteiger partial charge in [0.1, 0.15) is 0 Å². The number of nitrogens with one attached hydrogen (secondary N) is 1. The molecule has 0 aliphatic heterocycles. The van der Waals surface area contributed by atoms with Gasteiger partial charge in [0, 0.05) is 5.56 Å². The highest BCUT2D eigenvalue weighted by atomic mass is 16.5. The molecule has 4 heteroatoms. The molecule has 1 aromatic rings. The minimum Gasteiger partial charge on any atom is -0.331 e. The molecular weight excluding hydrogens is 168 g/mol. The smallest absolute Gasteiger partial charge is 0.274 e. The van der Waals surface area contributed by atoms with Gasteiger partial charge in [-0.3, -0.25) is 10.0 Å². The molecule has 1 aromatic carbocycles. The average Bonchev–Trinajstić information content (AvgIpc) is 2.19. The van der Waals surface area contributed by atoms with Crippen molar-refractivity contribution >= 4 is 5.91 Å². The number of carbonyl (C=O) groups is 1. The van der Waals surface area contributed by atoms with Crippen molar-refractivity contribution in [3.05, 3.63) is 35.9 Å². The third-order valence-electron chi connectivity index (χ3n) is 1.14. The zero-order valence-corrected chi connectivity index (χ0v) is 7.53. The zero-order valence-electron chi connectivity index (χ0n) is 7.53. The van der Waals surface area contributed by atoms with Crippen LogP contribution < -0.4 is 11.2 Å². The summed E-state index contributed by atoms with van der Waals surface area (Å²) in [6.07, 6.45) is 0. The van der Waals surface area contributed by atoms with Crippen molar-refractivity contribution in [2.75, 3.05) is 6.54 Å². The van der Waals surface area contributed by atoms with Crippen LogP contribution in [0.25, 0.3) is 0 Å². The molecule has 0 heterocycles. The van der Waals surface area contributed by atoms with Gasteiger partial charge >= 0.3 is 0 Å². The van der Waals surface area contributed by atoms with Gasteiger partial charge in [-0.2, -0.15) is 0 Å². The van der Waals surface area contributed by atoms with Crippen LogP contribution in [0.3, 0.4) is 0 Å². The fourth-order valence-electron chi connectivity index (χ4n) is 0.654. The maximum atomic E-state index is 10.7. The Morgan fingerprint density at radius 3 is 2.31 bits per heavy atom. The lowest BCUT2D eigenvalue weighted by atomic mass is 10.2. The quantitative estimate of drug-likeness (QED) is 0.443. The summed E-state index contributed by atoms with van der Waals surface area (Å²) in [4.78, 5) is 10.7. The van der Waals surface area contributed by atoms with Crippen LogP contribution in [-0.4, -0.2) is 17.7 Å². The lowest BCUT2D eigenvalue weighted by Crippen LogP contribution is -2.18. The van der Waals surface area contributed by atoms with Gasteiger partial charge in [-0.25, -0.2) is 5.48 Å². The van der Waals surface area contributed by atoms with Gasteiger partial charge in [0.2, 0.25) is 0 Å². The Morgan fingerprint density at radius 2 is 1.92 bits per heavy atom. The van der Waals surface area contributed by atoms with Gasteiger partial charge in [-0.05, 0) is 18.7 Å². The van der Waals surface area contributed by atoms with Crippen LogP contribution in [-0.2, 0) is 0 Å². The second-order valence-electron chi connectivity index (χ2n) is 2.22. The molecule has 0 aromatic heterocycles. The molecule has 4 N–H and O–H groups in total. The summed E-state index contributed by atoms with van der Waals surface area (Å²) >= 11 is 0. The molecule has 0 unspecified atom stereocenters. The maximum absolute atomic E-state index is 10.7. The van der Waals surface area contributed by atoms with Crippen LogP contribution in [0, 0.1) is 0 Å². The highest BCUT2D eigenvalue weighted by Crippen LogP contribution is 1.96. The first kappa shape index (κ1) is 11.6. The molecule has 4 nitrogen and oxygen atoms in total. The highest BCUT2D eigenvalue weighted by molar-refractivity contribution is 5.93. The first-order valence-electron chi connectivity index (χ1n) is 3.95. The summed E-state index contributed by atoms with van der Waals surface area (Å²) in [6.45, 7) is 2.65. The standard InChI is InChI=1S/C7H7NO2.C2H7N/c9-7(8-10)6-4-2-1-3-5-6;1-2-3/h1-5,10H,(H,8,9);2-3H2,1H3. The van der Waals surface area contributed by atoms with E-state index in [0.29, 0.717) is 5.56 Å². The van der Waals surface area contributed by atoms with Crippen LogP contribution in [0.5, 0.6) is 0 Å². The van der Waals surface area contributed by atoms with Gasteiger partial charge < -0.3 is 5.73 Å². The van der Waals surface area contributed by atoms with Crippen LogP contribution >= 0.6 is 0 Å². The van der Waals surface area contributed by atoms with E-state index in [4.69, 9.17) is 10.9 Å². The maximum Gasteiger partial charge on any atom is 0.274 e. The van der Waals surface area contributed by atoms with Crippen molar-refractivity contribution in [3.8, 4) is 0 Å². The Morgan fingerprint density at radius 1 is 1.46 bits per heavy atom. The van der Waals surface area contributed by atoms with E-state index in [1.54, 1.807) is 35.8 Å². The molecule has 0 bridgehead atoms. The van der Waals surface area contributed by atoms with E-state index in [1.807, 2.05) is 6.92 Å².